The van der Waals surface area contributed by atoms with Gasteiger partial charge in [0.05, 0.1) is 5.92 Å². The first-order chi connectivity index (χ1) is 7.78. The van der Waals surface area contributed by atoms with E-state index in [0.29, 0.717) is 25.2 Å². The lowest BCUT2D eigenvalue weighted by Crippen LogP contribution is -2.27. The summed E-state index contributed by atoms with van der Waals surface area (Å²) in [5.41, 5.74) is -0.435. The number of ether oxygens (including phenoxy) is 1. The molecule has 0 spiro atoms. The van der Waals surface area contributed by atoms with Crippen LogP contribution in [-0.4, -0.2) is 22.6 Å². The lowest BCUT2D eigenvalue weighted by Gasteiger charge is -2.27. The van der Waals surface area contributed by atoms with Gasteiger partial charge in [0.1, 0.15) is 5.60 Å². The summed E-state index contributed by atoms with van der Waals surface area (Å²) in [5.74, 6) is -0.803. The predicted molar refractivity (Wildman–Crippen MR) is 63.5 cm³/mol. The second-order valence-electron chi connectivity index (χ2n) is 5.85. The number of aliphatic carboxylic acids is 1. The number of esters is 1. The Hall–Kier alpha value is -1.06. The predicted octanol–water partition coefficient (Wildman–Crippen LogP) is 2.61. The maximum atomic E-state index is 11.6. The lowest BCUT2D eigenvalue weighted by molar-refractivity contribution is -0.156. The second-order valence-corrected chi connectivity index (χ2v) is 5.85. The maximum Gasteiger partial charge on any atom is 0.306 e. The molecule has 1 aliphatic rings. The van der Waals surface area contributed by atoms with E-state index < -0.39 is 11.6 Å². The number of rotatable bonds is 3. The van der Waals surface area contributed by atoms with Gasteiger partial charge in [-0.2, -0.15) is 0 Å². The van der Waals surface area contributed by atoms with E-state index in [1.807, 2.05) is 20.8 Å². The molecule has 1 saturated carbocycles. The Morgan fingerprint density at radius 1 is 1.18 bits per heavy atom. The van der Waals surface area contributed by atoms with E-state index in [1.165, 1.54) is 0 Å². The molecule has 0 aliphatic heterocycles. The molecule has 0 aromatic heterocycles. The van der Waals surface area contributed by atoms with Crippen molar-refractivity contribution in [2.24, 2.45) is 11.8 Å². The van der Waals surface area contributed by atoms with Crippen molar-refractivity contribution >= 4 is 11.9 Å². The van der Waals surface area contributed by atoms with E-state index in [2.05, 4.69) is 0 Å². The van der Waals surface area contributed by atoms with Crippen LogP contribution in [0.15, 0.2) is 0 Å². The van der Waals surface area contributed by atoms with Crippen LogP contribution in [-0.2, 0) is 14.3 Å². The van der Waals surface area contributed by atoms with Crippen molar-refractivity contribution in [3.05, 3.63) is 0 Å². The standard InChI is InChI=1S/C13H22O4/c1-13(2,3)17-11(14)8-9-4-6-10(7-5-9)12(15)16/h9-10H,4-8H2,1-3H3,(H,15,16)/t9-,10-. The third kappa shape index (κ3) is 5.20. The number of hydrogen-bond donors (Lipinski definition) is 1. The minimum Gasteiger partial charge on any atom is -0.481 e. The number of carbonyl (C=O) groups excluding carboxylic acids is 1. The summed E-state index contributed by atoms with van der Waals surface area (Å²) in [6, 6.07) is 0. The van der Waals surface area contributed by atoms with Gasteiger partial charge in [-0.25, -0.2) is 0 Å². The third-order valence-corrected chi connectivity index (χ3v) is 3.07. The Kier molecular flexibility index (Phi) is 4.54. The highest BCUT2D eigenvalue weighted by Gasteiger charge is 2.28. The fourth-order valence-electron chi connectivity index (χ4n) is 2.23. The molecule has 17 heavy (non-hydrogen) atoms. The number of hydrogen-bond acceptors (Lipinski definition) is 3. The van der Waals surface area contributed by atoms with Gasteiger partial charge >= 0.3 is 11.9 Å². The molecule has 0 bridgehead atoms. The molecule has 0 amide bonds. The van der Waals surface area contributed by atoms with Gasteiger partial charge in [0.25, 0.3) is 0 Å². The molecular formula is C13H22O4. The zero-order valence-corrected chi connectivity index (χ0v) is 10.9. The molecule has 0 heterocycles. The summed E-state index contributed by atoms with van der Waals surface area (Å²) in [6.45, 7) is 5.56. The first-order valence-electron chi connectivity index (χ1n) is 6.22. The van der Waals surface area contributed by atoms with Gasteiger partial charge in [-0.3, -0.25) is 9.59 Å². The van der Waals surface area contributed by atoms with Crippen LogP contribution in [0.2, 0.25) is 0 Å². The second kappa shape index (κ2) is 5.52. The average molecular weight is 242 g/mol. The first kappa shape index (κ1) is 14.0. The summed E-state index contributed by atoms with van der Waals surface area (Å²) in [7, 11) is 0. The summed E-state index contributed by atoms with van der Waals surface area (Å²) in [6.07, 6.45) is 3.42. The molecule has 4 heteroatoms. The molecule has 1 aliphatic carbocycles. The summed E-state index contributed by atoms with van der Waals surface area (Å²) >= 11 is 0. The van der Waals surface area contributed by atoms with Crippen LogP contribution >= 0.6 is 0 Å². The van der Waals surface area contributed by atoms with E-state index >= 15 is 0 Å². The average Bonchev–Trinajstić information content (AvgIpc) is 2.15. The first-order valence-corrected chi connectivity index (χ1v) is 6.22. The van der Waals surface area contributed by atoms with Crippen LogP contribution in [0.5, 0.6) is 0 Å². The van der Waals surface area contributed by atoms with Crippen LogP contribution in [0.3, 0.4) is 0 Å². The van der Waals surface area contributed by atoms with Crippen molar-refractivity contribution in [2.75, 3.05) is 0 Å². The van der Waals surface area contributed by atoms with Crippen LogP contribution in [0, 0.1) is 11.8 Å². The van der Waals surface area contributed by atoms with E-state index in [1.54, 1.807) is 0 Å². The normalized spacial score (nSPS) is 25.4. The summed E-state index contributed by atoms with van der Waals surface area (Å²) < 4.78 is 5.26. The van der Waals surface area contributed by atoms with Crippen molar-refractivity contribution in [1.29, 1.82) is 0 Å². The van der Waals surface area contributed by atoms with Gasteiger partial charge < -0.3 is 9.84 Å². The highest BCUT2D eigenvalue weighted by atomic mass is 16.6. The Balaban J connectivity index is 2.31. The molecule has 4 nitrogen and oxygen atoms in total. The van der Waals surface area contributed by atoms with Gasteiger partial charge in [-0.15, -0.1) is 0 Å². The summed E-state index contributed by atoms with van der Waals surface area (Å²) in [5, 5.41) is 8.87. The molecule has 0 unspecified atom stereocenters. The smallest absolute Gasteiger partial charge is 0.306 e. The van der Waals surface area contributed by atoms with Crippen molar-refractivity contribution in [2.45, 2.75) is 58.5 Å². The van der Waals surface area contributed by atoms with Crippen molar-refractivity contribution in [3.63, 3.8) is 0 Å². The van der Waals surface area contributed by atoms with Crippen LogP contribution in [0.4, 0.5) is 0 Å². The van der Waals surface area contributed by atoms with Crippen LogP contribution < -0.4 is 0 Å². The number of carboxylic acid groups (broad SMARTS) is 1. The number of carbonyl (C=O) groups is 2. The quantitative estimate of drug-likeness (QED) is 0.773. The van der Waals surface area contributed by atoms with Crippen LogP contribution in [0.1, 0.15) is 52.9 Å². The van der Waals surface area contributed by atoms with E-state index in [9.17, 15) is 9.59 Å². The van der Waals surface area contributed by atoms with Crippen molar-refractivity contribution in [3.8, 4) is 0 Å². The Labute approximate surface area is 102 Å². The largest absolute Gasteiger partial charge is 0.481 e. The lowest BCUT2D eigenvalue weighted by atomic mass is 9.80. The van der Waals surface area contributed by atoms with Gasteiger partial charge in [-0.1, -0.05) is 0 Å². The molecule has 98 valence electrons. The summed E-state index contributed by atoms with van der Waals surface area (Å²) in [4.78, 5) is 22.4. The molecule has 0 saturated heterocycles. The SMILES string of the molecule is CC(C)(C)OC(=O)C[C@H]1CC[C@H](C(=O)O)CC1. The fraction of sp³-hybridized carbons (Fsp3) is 0.846. The maximum absolute atomic E-state index is 11.6. The number of carboxylic acids is 1. The molecular weight excluding hydrogens is 220 g/mol. The highest BCUT2D eigenvalue weighted by Crippen LogP contribution is 2.31. The van der Waals surface area contributed by atoms with Gasteiger partial charge in [0.15, 0.2) is 0 Å². The Morgan fingerprint density at radius 2 is 1.71 bits per heavy atom. The van der Waals surface area contributed by atoms with Crippen LogP contribution in [0.25, 0.3) is 0 Å². The Bertz CT molecular complexity index is 282. The van der Waals surface area contributed by atoms with Gasteiger partial charge in [0, 0.05) is 6.42 Å². The van der Waals surface area contributed by atoms with Crippen molar-refractivity contribution < 1.29 is 19.4 Å². The van der Waals surface area contributed by atoms with E-state index in [-0.39, 0.29) is 11.9 Å². The minimum absolute atomic E-state index is 0.170. The fourth-order valence-corrected chi connectivity index (χ4v) is 2.23. The van der Waals surface area contributed by atoms with E-state index in [4.69, 9.17) is 9.84 Å². The molecule has 0 aromatic rings. The van der Waals surface area contributed by atoms with E-state index in [0.717, 1.165) is 12.8 Å². The minimum atomic E-state index is -0.708. The monoisotopic (exact) mass is 242 g/mol. The van der Waals surface area contributed by atoms with Crippen molar-refractivity contribution in [1.82, 2.24) is 0 Å². The van der Waals surface area contributed by atoms with Gasteiger partial charge in [-0.05, 0) is 52.4 Å². The Morgan fingerprint density at radius 3 is 2.12 bits per heavy atom. The van der Waals surface area contributed by atoms with Gasteiger partial charge in [0.2, 0.25) is 0 Å². The highest BCUT2D eigenvalue weighted by molar-refractivity contribution is 5.71. The topological polar surface area (TPSA) is 63.6 Å². The molecule has 1 rings (SSSR count). The molecule has 1 N–H and O–H groups in total. The molecule has 0 radical (unpaired) electrons. The molecule has 0 atom stereocenters. The third-order valence-electron chi connectivity index (χ3n) is 3.07. The molecule has 1 fully saturated rings. The molecule has 0 aromatic carbocycles. The zero-order valence-electron chi connectivity index (χ0n) is 10.9. The zero-order chi connectivity index (χ0) is 13.1.